The van der Waals surface area contributed by atoms with Crippen molar-refractivity contribution >= 4 is 21.5 Å². The Balaban J connectivity index is 2.04. The largest absolute Gasteiger partial charge is 0.139 e. The number of hydrogen-bond acceptors (Lipinski definition) is 0. The van der Waals surface area contributed by atoms with Crippen molar-refractivity contribution in [1.29, 1.82) is 0 Å². The van der Waals surface area contributed by atoms with E-state index in [4.69, 9.17) is 0 Å². The van der Waals surface area contributed by atoms with Crippen LogP contribution in [0.1, 0.15) is 11.1 Å². The van der Waals surface area contributed by atoms with E-state index in [0.29, 0.717) is 0 Å². The van der Waals surface area contributed by atoms with Gasteiger partial charge >= 0.3 is 0 Å². The molecule has 0 aliphatic heterocycles. The van der Waals surface area contributed by atoms with Crippen molar-refractivity contribution in [2.24, 2.45) is 0 Å². The smallest absolute Gasteiger partial charge is 0.0622 e. The highest BCUT2D eigenvalue weighted by Crippen LogP contribution is 2.67. The first-order valence-corrected chi connectivity index (χ1v) is 10.4. The molecule has 0 aliphatic rings. The molecule has 0 nitrogen and oxygen atoms in total. The zero-order chi connectivity index (χ0) is 12.1. The summed E-state index contributed by atoms with van der Waals surface area (Å²) in [6.45, 7) is 2.37. The highest BCUT2D eigenvalue weighted by Gasteiger charge is 2.29. The molecule has 2 rings (SSSR count). The topological polar surface area (TPSA) is 0 Å². The summed E-state index contributed by atoms with van der Waals surface area (Å²) in [6.07, 6.45) is 2.31. The monoisotopic (exact) mass is 307 g/mol. The maximum absolute atomic E-state index is 3.97. The second kappa shape index (κ2) is 5.80. The van der Waals surface area contributed by atoms with Crippen molar-refractivity contribution in [2.45, 2.75) is 12.3 Å². The van der Waals surface area contributed by atoms with Crippen LogP contribution in [0.3, 0.4) is 0 Å². The maximum atomic E-state index is 3.97. The van der Waals surface area contributed by atoms with Gasteiger partial charge in [0.05, 0.1) is 25.0 Å². The minimum absolute atomic E-state index is 1.07. The molecule has 0 saturated heterocycles. The first-order valence-electron chi connectivity index (χ1n) is 5.78. The van der Waals surface area contributed by atoms with Crippen LogP contribution >= 0.6 is 21.5 Å². The Kier molecular flexibility index (Phi) is 4.36. The van der Waals surface area contributed by atoms with Gasteiger partial charge < -0.3 is 0 Å². The Labute approximate surface area is 112 Å². The van der Waals surface area contributed by atoms with E-state index in [9.17, 15) is 0 Å². The van der Waals surface area contributed by atoms with Crippen molar-refractivity contribution in [3.63, 3.8) is 0 Å². The van der Waals surface area contributed by atoms with Gasteiger partial charge in [-0.2, -0.15) is 0 Å². The minimum Gasteiger partial charge on any atom is -0.0622 e. The predicted octanol–water partition coefficient (Wildman–Crippen LogP) is 5.34. The molecular weight excluding hydrogens is 291 g/mol. The highest BCUT2D eigenvalue weighted by molar-refractivity contribution is 9.42. The summed E-state index contributed by atoms with van der Waals surface area (Å²) in [7, 11) is 0. The first kappa shape index (κ1) is 12.8. The van der Waals surface area contributed by atoms with E-state index in [-0.39, 0.29) is 0 Å². The molecule has 0 unspecified atom stereocenters. The molecule has 0 fully saturated rings. The molecule has 0 spiro atoms. The molecule has 0 bridgehead atoms. The number of benzene rings is 2. The third-order valence-electron chi connectivity index (χ3n) is 2.71. The third-order valence-corrected chi connectivity index (χ3v) is 6.26. The van der Waals surface area contributed by atoms with Crippen LogP contribution in [0.2, 0.25) is 0 Å². The van der Waals surface area contributed by atoms with Gasteiger partial charge in [-0.15, -0.1) is 0 Å². The maximum Gasteiger partial charge on any atom is 0.139 e. The van der Waals surface area contributed by atoms with Crippen LogP contribution in [0.5, 0.6) is 0 Å². The fraction of sp³-hybridized carbons (Fsp3) is 0.200. The van der Waals surface area contributed by atoms with Crippen molar-refractivity contribution in [1.82, 2.24) is 0 Å². The molecule has 88 valence electrons. The normalized spacial score (nSPS) is 11.4. The number of hydrogen-bond donors (Lipinski definition) is 0. The molecule has 2 heteroatoms. The predicted molar refractivity (Wildman–Crippen MR) is 82.1 cm³/mol. The second-order valence-electron chi connectivity index (χ2n) is 4.55. The van der Waals surface area contributed by atoms with Crippen molar-refractivity contribution in [2.75, 3.05) is 6.66 Å². The van der Waals surface area contributed by atoms with Gasteiger partial charge in [-0.3, -0.25) is 0 Å². The molecule has 0 atom stereocenters. The summed E-state index contributed by atoms with van der Waals surface area (Å²) in [4.78, 5) is 0. The molecule has 0 heterocycles. The van der Waals surface area contributed by atoms with Gasteiger partial charge in [0.2, 0.25) is 0 Å². The van der Waals surface area contributed by atoms with Crippen molar-refractivity contribution in [3.05, 3.63) is 71.8 Å². The van der Waals surface area contributed by atoms with Gasteiger partial charge in [0.25, 0.3) is 0 Å². The Morgan fingerprint density at radius 2 is 1.12 bits per heavy atom. The summed E-state index contributed by atoms with van der Waals surface area (Å²) < 4.78 is 0. The quantitative estimate of drug-likeness (QED) is 0.668. The lowest BCUT2D eigenvalue weighted by Crippen LogP contribution is -1.93. The van der Waals surface area contributed by atoms with Crippen LogP contribution in [0.15, 0.2) is 60.7 Å². The average Bonchev–Trinajstić information content (AvgIpc) is 2.30. The molecule has 0 amide bonds. The third kappa shape index (κ3) is 4.26. The lowest BCUT2D eigenvalue weighted by atomic mass is 10.2. The molecule has 2 aromatic carbocycles. The summed E-state index contributed by atoms with van der Waals surface area (Å²) in [6, 6.07) is 21.5. The van der Waals surface area contributed by atoms with Crippen LogP contribution < -0.4 is 0 Å². The summed E-state index contributed by atoms with van der Waals surface area (Å²) in [5, 5.41) is 0. The molecule has 2 aromatic rings. The Morgan fingerprint density at radius 3 is 1.47 bits per heavy atom. The van der Waals surface area contributed by atoms with E-state index in [1.807, 2.05) is 0 Å². The zero-order valence-electron chi connectivity index (χ0n) is 10.0. The van der Waals surface area contributed by atoms with Crippen molar-refractivity contribution in [3.8, 4) is 0 Å². The van der Waals surface area contributed by atoms with E-state index >= 15 is 0 Å². The van der Waals surface area contributed by atoms with Crippen LogP contribution in [0, 0.1) is 0 Å². The van der Waals surface area contributed by atoms with E-state index in [0.717, 1.165) is 12.3 Å². The first-order chi connectivity index (χ1) is 8.16. The van der Waals surface area contributed by atoms with Gasteiger partial charge in [-0.25, -0.2) is 0 Å². The summed E-state index contributed by atoms with van der Waals surface area (Å²) in [5.74, 6) is -1.07. The van der Waals surface area contributed by atoms with Gasteiger partial charge in [0.1, 0.15) is 15.5 Å². The molecule has 0 aromatic heterocycles. The lowest BCUT2D eigenvalue weighted by molar-refractivity contribution is 1.32. The Bertz CT molecular complexity index is 407. The van der Waals surface area contributed by atoms with E-state index in [1.54, 1.807) is 0 Å². The van der Waals surface area contributed by atoms with Crippen LogP contribution in [0.25, 0.3) is 0 Å². The number of halogens is 1. The Morgan fingerprint density at radius 1 is 0.765 bits per heavy atom. The Hall–Kier alpha value is -0.650. The lowest BCUT2D eigenvalue weighted by Gasteiger charge is -2.15. The molecule has 0 aliphatic carbocycles. The van der Waals surface area contributed by atoms with E-state index in [2.05, 4.69) is 82.8 Å². The molecular formula is C15H17BrP+. The van der Waals surface area contributed by atoms with Gasteiger partial charge in [-0.1, -0.05) is 60.7 Å². The highest BCUT2D eigenvalue weighted by atomic mass is 79.9. The van der Waals surface area contributed by atoms with Crippen LogP contribution in [-0.2, 0) is 12.3 Å². The average molecular weight is 308 g/mol. The van der Waals surface area contributed by atoms with E-state index < -0.39 is 5.96 Å². The van der Waals surface area contributed by atoms with Gasteiger partial charge in [-0.05, 0) is 11.1 Å². The molecule has 0 radical (unpaired) electrons. The molecule has 17 heavy (non-hydrogen) atoms. The van der Waals surface area contributed by atoms with Crippen LogP contribution in [0.4, 0.5) is 0 Å². The summed E-state index contributed by atoms with van der Waals surface area (Å²) >= 11 is 3.97. The number of rotatable bonds is 4. The second-order valence-corrected chi connectivity index (χ2v) is 12.8. The summed E-state index contributed by atoms with van der Waals surface area (Å²) in [5.41, 5.74) is 2.85. The van der Waals surface area contributed by atoms with Gasteiger partial charge in [0.15, 0.2) is 0 Å². The van der Waals surface area contributed by atoms with Gasteiger partial charge in [0, 0.05) is 0 Å². The standard InChI is InChI=1S/C15H17BrP/c1-17(16,12-14-8-4-2-5-9-14)13-15-10-6-3-7-11-15/h2-11H,12-13H2,1H3/q+1. The fourth-order valence-electron chi connectivity index (χ4n) is 1.98. The van der Waals surface area contributed by atoms with E-state index in [1.165, 1.54) is 11.1 Å². The molecule has 0 N–H and O–H groups in total. The zero-order valence-corrected chi connectivity index (χ0v) is 12.5. The minimum atomic E-state index is -1.07. The molecule has 0 saturated carbocycles. The van der Waals surface area contributed by atoms with Crippen LogP contribution in [-0.4, -0.2) is 6.66 Å². The van der Waals surface area contributed by atoms with Crippen molar-refractivity contribution < 1.29 is 0 Å². The fourth-order valence-corrected chi connectivity index (χ4v) is 5.78. The SMILES string of the molecule is C[P+](Br)(Cc1ccccc1)Cc1ccccc1.